The first kappa shape index (κ1) is 15.1. The van der Waals surface area contributed by atoms with E-state index in [-0.39, 0.29) is 18.4 Å². The van der Waals surface area contributed by atoms with E-state index >= 15 is 0 Å². The largest absolute Gasteiger partial charge is 0.481 e. The molecule has 0 aliphatic heterocycles. The van der Waals surface area contributed by atoms with Crippen LogP contribution in [-0.2, 0) is 4.79 Å². The van der Waals surface area contributed by atoms with Crippen molar-refractivity contribution >= 4 is 11.9 Å². The van der Waals surface area contributed by atoms with Gasteiger partial charge in [0.15, 0.2) is 0 Å². The van der Waals surface area contributed by atoms with E-state index in [0.717, 1.165) is 11.3 Å². The summed E-state index contributed by atoms with van der Waals surface area (Å²) < 4.78 is 0. The lowest BCUT2D eigenvalue weighted by Crippen LogP contribution is -2.40. The predicted molar refractivity (Wildman–Crippen MR) is 72.1 cm³/mol. The van der Waals surface area contributed by atoms with Gasteiger partial charge in [0.25, 0.3) is 5.91 Å². The highest BCUT2D eigenvalue weighted by Crippen LogP contribution is 2.11. The van der Waals surface area contributed by atoms with Gasteiger partial charge in [0.2, 0.25) is 0 Å². The smallest absolute Gasteiger partial charge is 0.305 e. The number of nitrogens with zero attached hydrogens (tertiary/aromatic N) is 2. The fourth-order valence-electron chi connectivity index (χ4n) is 2.12. The highest BCUT2D eigenvalue weighted by Gasteiger charge is 2.23. The summed E-state index contributed by atoms with van der Waals surface area (Å²) in [5, 5.41) is 8.82. The maximum Gasteiger partial charge on any atom is 0.305 e. The number of aryl methyl sites for hydroxylation is 2. The zero-order valence-electron chi connectivity index (χ0n) is 11.8. The molecule has 104 valence electrons. The van der Waals surface area contributed by atoms with Crippen LogP contribution in [0.2, 0.25) is 0 Å². The number of rotatable bonds is 5. The minimum absolute atomic E-state index is 0.0651. The Morgan fingerprint density at radius 3 is 2.47 bits per heavy atom. The van der Waals surface area contributed by atoms with E-state index in [1.54, 1.807) is 13.0 Å². The summed E-state index contributed by atoms with van der Waals surface area (Å²) in [7, 11) is 0. The third kappa shape index (κ3) is 4.05. The van der Waals surface area contributed by atoms with Crippen LogP contribution >= 0.6 is 0 Å². The maximum atomic E-state index is 12.4. The normalized spacial score (nSPS) is 12.0. The topological polar surface area (TPSA) is 70.5 Å². The van der Waals surface area contributed by atoms with E-state index < -0.39 is 5.97 Å². The molecule has 1 N–H and O–H groups in total. The van der Waals surface area contributed by atoms with E-state index in [0.29, 0.717) is 12.2 Å². The van der Waals surface area contributed by atoms with Crippen molar-refractivity contribution in [2.75, 3.05) is 6.54 Å². The third-order valence-electron chi connectivity index (χ3n) is 2.92. The average molecular weight is 264 g/mol. The zero-order valence-corrected chi connectivity index (χ0v) is 11.8. The number of carboxylic acids is 1. The summed E-state index contributed by atoms with van der Waals surface area (Å²) >= 11 is 0. The molecule has 0 saturated carbocycles. The Balaban J connectivity index is 2.97. The minimum Gasteiger partial charge on any atom is -0.481 e. The van der Waals surface area contributed by atoms with Gasteiger partial charge in [-0.15, -0.1) is 0 Å². The molecule has 1 unspecified atom stereocenters. The van der Waals surface area contributed by atoms with Crippen molar-refractivity contribution < 1.29 is 14.7 Å². The Morgan fingerprint density at radius 2 is 2.00 bits per heavy atom. The average Bonchev–Trinajstić information content (AvgIpc) is 2.27. The van der Waals surface area contributed by atoms with Gasteiger partial charge in [-0.25, -0.2) is 4.98 Å². The highest BCUT2D eigenvalue weighted by atomic mass is 16.4. The lowest BCUT2D eigenvalue weighted by atomic mass is 10.1. The first-order valence-corrected chi connectivity index (χ1v) is 6.33. The van der Waals surface area contributed by atoms with Crippen molar-refractivity contribution in [2.24, 2.45) is 0 Å². The minimum atomic E-state index is -0.910. The van der Waals surface area contributed by atoms with Gasteiger partial charge in [-0.1, -0.05) is 0 Å². The second kappa shape index (κ2) is 6.31. The fourth-order valence-corrected chi connectivity index (χ4v) is 2.12. The van der Waals surface area contributed by atoms with E-state index in [2.05, 4.69) is 4.98 Å². The summed E-state index contributed by atoms with van der Waals surface area (Å²) in [5.41, 5.74) is 2.12. The maximum absolute atomic E-state index is 12.4. The van der Waals surface area contributed by atoms with Gasteiger partial charge < -0.3 is 10.0 Å². The summed E-state index contributed by atoms with van der Waals surface area (Å²) in [6.07, 6.45) is -0.0651. The molecule has 0 aliphatic rings. The van der Waals surface area contributed by atoms with Gasteiger partial charge in [-0.3, -0.25) is 9.59 Å². The number of carboxylic acid groups (broad SMARTS) is 1. The standard InChI is InChI=1S/C14H20N2O3/c1-5-16(11(4)8-13(17)18)14(19)12-7-9(2)6-10(3)15-12/h6-7,11H,5,8H2,1-4H3,(H,17,18). The summed E-state index contributed by atoms with van der Waals surface area (Å²) in [6.45, 7) is 7.77. The van der Waals surface area contributed by atoms with Crippen LogP contribution in [0.15, 0.2) is 12.1 Å². The Kier molecular flexibility index (Phi) is 5.03. The summed E-state index contributed by atoms with van der Waals surface area (Å²) in [5.74, 6) is -1.13. The van der Waals surface area contributed by atoms with Crippen molar-refractivity contribution in [1.82, 2.24) is 9.88 Å². The summed E-state index contributed by atoms with van der Waals surface area (Å²) in [6, 6.07) is 3.27. The van der Waals surface area contributed by atoms with E-state index in [9.17, 15) is 9.59 Å². The van der Waals surface area contributed by atoms with Crippen molar-refractivity contribution in [1.29, 1.82) is 0 Å². The molecular formula is C14H20N2O3. The van der Waals surface area contributed by atoms with Crippen LogP contribution in [0.3, 0.4) is 0 Å². The quantitative estimate of drug-likeness (QED) is 0.883. The third-order valence-corrected chi connectivity index (χ3v) is 2.92. The fraction of sp³-hybridized carbons (Fsp3) is 0.500. The Labute approximate surface area is 113 Å². The van der Waals surface area contributed by atoms with Gasteiger partial charge in [0.05, 0.1) is 6.42 Å². The number of hydrogen-bond acceptors (Lipinski definition) is 3. The molecule has 0 spiro atoms. The second-order valence-electron chi connectivity index (χ2n) is 4.71. The molecule has 1 amide bonds. The number of hydrogen-bond donors (Lipinski definition) is 1. The van der Waals surface area contributed by atoms with Crippen LogP contribution in [0.25, 0.3) is 0 Å². The van der Waals surface area contributed by atoms with Gasteiger partial charge in [0.1, 0.15) is 5.69 Å². The van der Waals surface area contributed by atoms with E-state index in [1.807, 2.05) is 26.8 Å². The van der Waals surface area contributed by atoms with E-state index in [4.69, 9.17) is 5.11 Å². The highest BCUT2D eigenvalue weighted by molar-refractivity contribution is 5.93. The molecule has 19 heavy (non-hydrogen) atoms. The van der Waals surface area contributed by atoms with Gasteiger partial charge in [-0.05, 0) is 45.4 Å². The molecule has 5 nitrogen and oxygen atoms in total. The first-order valence-electron chi connectivity index (χ1n) is 6.33. The molecule has 1 aromatic heterocycles. The zero-order chi connectivity index (χ0) is 14.6. The molecule has 5 heteroatoms. The molecule has 0 aliphatic carbocycles. The molecule has 0 fully saturated rings. The van der Waals surface area contributed by atoms with Crippen molar-refractivity contribution in [3.63, 3.8) is 0 Å². The lowest BCUT2D eigenvalue weighted by molar-refractivity contribution is -0.138. The molecule has 1 atom stereocenters. The van der Waals surface area contributed by atoms with Crippen LogP contribution in [-0.4, -0.2) is 39.5 Å². The Hall–Kier alpha value is -1.91. The van der Waals surface area contributed by atoms with Gasteiger partial charge >= 0.3 is 5.97 Å². The van der Waals surface area contributed by atoms with Crippen LogP contribution < -0.4 is 0 Å². The molecular weight excluding hydrogens is 244 g/mol. The first-order chi connectivity index (χ1) is 8.85. The second-order valence-corrected chi connectivity index (χ2v) is 4.71. The molecule has 0 aromatic carbocycles. The molecule has 0 saturated heterocycles. The molecule has 0 bridgehead atoms. The molecule has 1 rings (SSSR count). The van der Waals surface area contributed by atoms with E-state index in [1.165, 1.54) is 4.90 Å². The van der Waals surface area contributed by atoms with Crippen LogP contribution in [0.5, 0.6) is 0 Å². The van der Waals surface area contributed by atoms with Crippen molar-refractivity contribution in [2.45, 2.75) is 40.2 Å². The number of pyridine rings is 1. The Bertz CT molecular complexity index is 465. The molecule has 1 aromatic rings. The number of carbonyl (C=O) groups excluding carboxylic acids is 1. The predicted octanol–water partition coefficient (Wildman–Crippen LogP) is 2.02. The van der Waals surface area contributed by atoms with Crippen molar-refractivity contribution in [3.8, 4) is 0 Å². The van der Waals surface area contributed by atoms with Crippen LogP contribution in [0.4, 0.5) is 0 Å². The SMILES string of the molecule is CCN(C(=O)c1cc(C)cc(C)n1)C(C)CC(=O)O. The van der Waals surface area contributed by atoms with Gasteiger partial charge in [0, 0.05) is 18.3 Å². The number of aliphatic carboxylic acids is 1. The summed E-state index contributed by atoms with van der Waals surface area (Å²) in [4.78, 5) is 28.9. The number of aromatic nitrogens is 1. The number of carbonyl (C=O) groups is 2. The van der Waals surface area contributed by atoms with Crippen LogP contribution in [0, 0.1) is 13.8 Å². The van der Waals surface area contributed by atoms with Crippen molar-refractivity contribution in [3.05, 3.63) is 29.1 Å². The number of amides is 1. The molecule has 1 heterocycles. The monoisotopic (exact) mass is 264 g/mol. The Morgan fingerprint density at radius 1 is 1.37 bits per heavy atom. The van der Waals surface area contributed by atoms with Gasteiger partial charge in [-0.2, -0.15) is 0 Å². The molecule has 0 radical (unpaired) electrons. The lowest BCUT2D eigenvalue weighted by Gasteiger charge is -2.26. The van der Waals surface area contributed by atoms with Crippen LogP contribution in [0.1, 0.15) is 42.0 Å².